The largest absolute Gasteiger partial charge is 0.472 e. The maximum Gasteiger partial charge on any atom is 0.472 e. The maximum atomic E-state index is 13.1. The summed E-state index contributed by atoms with van der Waals surface area (Å²) in [6.07, 6.45) is 56.6. The summed E-state index contributed by atoms with van der Waals surface area (Å²) < 4.78 is 68.3. The van der Waals surface area contributed by atoms with Crippen LogP contribution < -0.4 is 0 Å². The molecule has 0 rings (SSSR count). The van der Waals surface area contributed by atoms with Crippen LogP contribution in [0.5, 0.6) is 0 Å². The van der Waals surface area contributed by atoms with Crippen molar-refractivity contribution < 1.29 is 80.2 Å². The van der Waals surface area contributed by atoms with Crippen molar-refractivity contribution in [3.63, 3.8) is 0 Å². The molecule has 0 radical (unpaired) electrons. The van der Waals surface area contributed by atoms with Crippen molar-refractivity contribution in [1.82, 2.24) is 0 Å². The second-order valence-corrected chi connectivity index (χ2v) is 30.2. The van der Waals surface area contributed by atoms with Gasteiger partial charge in [-0.3, -0.25) is 37.3 Å². The molecular weight excluding hydrogens is 1230 g/mol. The average Bonchev–Trinajstić information content (AvgIpc) is 1.14. The van der Waals surface area contributed by atoms with E-state index in [1.807, 2.05) is 0 Å². The summed E-state index contributed by atoms with van der Waals surface area (Å²) in [6, 6.07) is 0. The van der Waals surface area contributed by atoms with Crippen LogP contribution in [0.1, 0.15) is 363 Å². The SMILES string of the molecule is CCCCCC/C=C\C=C/CCCCCCCC(=O)OC[C@H](COP(=O)(O)OC[C@@H](O)COP(=O)(O)OC[C@@H](COC(=O)CCCCCCCCCCC)OC(=O)CCCCCCCCC(C)C)OC(=O)CCCCCCCCCCCCCCCCCCCCC(C)C. The van der Waals surface area contributed by atoms with Gasteiger partial charge in [0.2, 0.25) is 0 Å². The van der Waals surface area contributed by atoms with E-state index < -0.39 is 97.5 Å². The second-order valence-electron chi connectivity index (χ2n) is 27.3. The molecule has 0 aliphatic carbocycles. The summed E-state index contributed by atoms with van der Waals surface area (Å²) in [5, 5.41) is 10.6. The molecule has 0 amide bonds. The Kier molecular flexibility index (Phi) is 64.7. The Morgan fingerprint density at radius 3 is 0.872 bits per heavy atom. The monoisotopic (exact) mass is 1380 g/mol. The van der Waals surface area contributed by atoms with Crippen LogP contribution in [-0.4, -0.2) is 96.7 Å². The lowest BCUT2D eigenvalue weighted by Crippen LogP contribution is -2.30. The first kappa shape index (κ1) is 91.5. The number of unbranched alkanes of at least 4 members (excludes halogenated alkanes) is 39. The van der Waals surface area contributed by atoms with Gasteiger partial charge in [0.25, 0.3) is 0 Å². The third kappa shape index (κ3) is 68.1. The van der Waals surface area contributed by atoms with Crippen LogP contribution in [0, 0.1) is 11.8 Å². The Bertz CT molecular complexity index is 1910. The molecule has 5 atom stereocenters. The van der Waals surface area contributed by atoms with Crippen LogP contribution in [0.25, 0.3) is 0 Å². The molecule has 0 spiro atoms. The fourth-order valence-electron chi connectivity index (χ4n) is 10.9. The highest BCUT2D eigenvalue weighted by Crippen LogP contribution is 2.45. The molecule has 19 heteroatoms. The fourth-order valence-corrected chi connectivity index (χ4v) is 12.5. The van der Waals surface area contributed by atoms with Crippen LogP contribution in [0.3, 0.4) is 0 Å². The summed E-state index contributed by atoms with van der Waals surface area (Å²) in [5.41, 5.74) is 0. The Morgan fingerprint density at radius 2 is 0.574 bits per heavy atom. The van der Waals surface area contributed by atoms with Crippen molar-refractivity contribution in [3.05, 3.63) is 24.3 Å². The molecule has 0 saturated heterocycles. The van der Waals surface area contributed by atoms with Crippen molar-refractivity contribution in [2.24, 2.45) is 11.8 Å². The van der Waals surface area contributed by atoms with E-state index in [9.17, 15) is 43.2 Å². The van der Waals surface area contributed by atoms with Gasteiger partial charge in [-0.05, 0) is 63.2 Å². The second kappa shape index (κ2) is 66.4. The number of rotatable bonds is 72. The molecule has 0 bridgehead atoms. The molecule has 0 aliphatic rings. The van der Waals surface area contributed by atoms with Crippen molar-refractivity contribution >= 4 is 39.5 Å². The van der Waals surface area contributed by atoms with Gasteiger partial charge in [0, 0.05) is 25.7 Å². The van der Waals surface area contributed by atoms with Gasteiger partial charge in [0.05, 0.1) is 26.4 Å². The molecule has 94 heavy (non-hydrogen) atoms. The quantitative estimate of drug-likeness (QED) is 0.0169. The number of aliphatic hydroxyl groups is 1. The first-order valence-corrected chi connectivity index (χ1v) is 41.3. The Labute approximate surface area is 573 Å². The molecule has 3 N–H and O–H groups in total. The number of hydrogen-bond acceptors (Lipinski definition) is 15. The van der Waals surface area contributed by atoms with Crippen molar-refractivity contribution in [2.75, 3.05) is 39.6 Å². The van der Waals surface area contributed by atoms with Crippen LogP contribution in [-0.2, 0) is 65.4 Å². The van der Waals surface area contributed by atoms with E-state index in [-0.39, 0.29) is 25.7 Å². The number of aliphatic hydroxyl groups excluding tert-OH is 1. The smallest absolute Gasteiger partial charge is 0.462 e. The normalized spacial score (nSPS) is 14.2. The minimum Gasteiger partial charge on any atom is -0.462 e. The lowest BCUT2D eigenvalue weighted by molar-refractivity contribution is -0.161. The van der Waals surface area contributed by atoms with Crippen LogP contribution in [0.15, 0.2) is 24.3 Å². The summed E-state index contributed by atoms with van der Waals surface area (Å²) in [4.78, 5) is 72.6. The van der Waals surface area contributed by atoms with Gasteiger partial charge in [-0.1, -0.05) is 310 Å². The van der Waals surface area contributed by atoms with Crippen LogP contribution in [0.2, 0.25) is 0 Å². The van der Waals surface area contributed by atoms with Crippen molar-refractivity contribution in [3.8, 4) is 0 Å². The summed E-state index contributed by atoms with van der Waals surface area (Å²) >= 11 is 0. The number of carbonyl (C=O) groups excluding carboxylic acids is 4. The first-order chi connectivity index (χ1) is 45.4. The van der Waals surface area contributed by atoms with E-state index in [1.165, 1.54) is 161 Å². The van der Waals surface area contributed by atoms with Gasteiger partial charge in [-0.25, -0.2) is 9.13 Å². The molecule has 0 heterocycles. The van der Waals surface area contributed by atoms with Gasteiger partial charge in [0.15, 0.2) is 12.2 Å². The van der Waals surface area contributed by atoms with Crippen molar-refractivity contribution in [2.45, 2.75) is 381 Å². The predicted octanol–water partition coefficient (Wildman–Crippen LogP) is 21.5. The van der Waals surface area contributed by atoms with E-state index in [1.54, 1.807) is 0 Å². The highest BCUT2D eigenvalue weighted by atomic mass is 31.2. The van der Waals surface area contributed by atoms with Crippen LogP contribution in [0.4, 0.5) is 0 Å². The zero-order valence-corrected chi connectivity index (χ0v) is 62.5. The van der Waals surface area contributed by atoms with E-state index in [0.717, 1.165) is 115 Å². The highest BCUT2D eigenvalue weighted by Gasteiger charge is 2.30. The van der Waals surface area contributed by atoms with E-state index in [0.29, 0.717) is 31.6 Å². The molecule has 0 aliphatic heterocycles. The molecule has 0 aromatic rings. The number of hydrogen-bond donors (Lipinski definition) is 3. The molecule has 0 saturated carbocycles. The Hall–Kier alpha value is -2.46. The summed E-state index contributed by atoms with van der Waals surface area (Å²) in [6.45, 7) is 9.44. The minimum absolute atomic E-state index is 0.0998. The summed E-state index contributed by atoms with van der Waals surface area (Å²) in [5.74, 6) is -0.668. The Morgan fingerprint density at radius 1 is 0.330 bits per heavy atom. The highest BCUT2D eigenvalue weighted by molar-refractivity contribution is 7.47. The molecule has 2 unspecified atom stereocenters. The zero-order chi connectivity index (χ0) is 69.3. The van der Waals surface area contributed by atoms with Gasteiger partial charge in [-0.2, -0.15) is 0 Å². The van der Waals surface area contributed by atoms with Crippen molar-refractivity contribution in [1.29, 1.82) is 0 Å². The lowest BCUT2D eigenvalue weighted by Gasteiger charge is -2.21. The zero-order valence-electron chi connectivity index (χ0n) is 60.7. The maximum absolute atomic E-state index is 13.1. The third-order valence-corrected chi connectivity index (χ3v) is 18.7. The van der Waals surface area contributed by atoms with Crippen LogP contribution >= 0.6 is 15.6 Å². The molecule has 0 aromatic carbocycles. The van der Waals surface area contributed by atoms with Gasteiger partial charge in [-0.15, -0.1) is 0 Å². The number of phosphoric ester groups is 2. The molecular formula is C75H142O17P2. The van der Waals surface area contributed by atoms with Gasteiger partial charge < -0.3 is 33.8 Å². The number of phosphoric acid groups is 2. The van der Waals surface area contributed by atoms with Gasteiger partial charge in [0.1, 0.15) is 19.3 Å². The average molecular weight is 1380 g/mol. The minimum atomic E-state index is -4.96. The Balaban J connectivity index is 5.21. The van der Waals surface area contributed by atoms with E-state index in [2.05, 4.69) is 65.8 Å². The molecule has 0 aromatic heterocycles. The number of allylic oxidation sites excluding steroid dienone is 4. The summed E-state index contributed by atoms with van der Waals surface area (Å²) in [7, 11) is -9.91. The first-order valence-electron chi connectivity index (χ1n) is 38.3. The number of carbonyl (C=O) groups is 4. The predicted molar refractivity (Wildman–Crippen MR) is 381 cm³/mol. The van der Waals surface area contributed by atoms with E-state index in [4.69, 9.17) is 37.0 Å². The number of esters is 4. The standard InChI is InChI=1S/C75H142O17P2/c1-7-9-11-13-15-17-18-19-24-28-31-35-39-46-52-58-73(78)86-63-70(91-74(79)59-53-47-40-36-32-29-26-23-21-20-22-25-27-30-34-37-43-49-55-67(3)4)65-89-93(81,82)87-61-69(76)62-88-94(83,84)90-66-71(92-75(80)60-54-48-42-41-44-50-56-68(5)6)64-85-72(77)57-51-45-38-33-16-14-12-10-8-2/h17-19,24,67-71,76H,7-16,20-23,25-66H2,1-6H3,(H,81,82)(H,83,84)/b18-17-,24-19-/t69-,70-,71-/m1/s1. The third-order valence-electron chi connectivity index (χ3n) is 16.8. The lowest BCUT2D eigenvalue weighted by atomic mass is 10.0. The van der Waals surface area contributed by atoms with E-state index >= 15 is 0 Å². The molecule has 17 nitrogen and oxygen atoms in total. The molecule has 0 fully saturated rings. The fraction of sp³-hybridized carbons (Fsp3) is 0.893. The van der Waals surface area contributed by atoms with Gasteiger partial charge >= 0.3 is 39.5 Å². The number of ether oxygens (including phenoxy) is 4. The topological polar surface area (TPSA) is 237 Å². The molecule has 554 valence electrons.